The molecule has 6 heteroatoms. The number of rotatable bonds is 7. The number of hydrogen-bond acceptors (Lipinski definition) is 5. The van der Waals surface area contributed by atoms with E-state index in [2.05, 4.69) is 23.8 Å². The van der Waals surface area contributed by atoms with Gasteiger partial charge in [0.25, 0.3) is 0 Å². The number of methoxy groups -OCH3 is 1. The van der Waals surface area contributed by atoms with Crippen LogP contribution in [-0.2, 0) is 13.1 Å². The van der Waals surface area contributed by atoms with E-state index in [0.717, 1.165) is 11.3 Å². The quantitative estimate of drug-likeness (QED) is 0.652. The SMILES string of the molecule is COc1c(CN(Cc2cnn(-c3ccccc3)c2)C(C)C)occc1=O. The first-order valence-electron chi connectivity index (χ1n) is 8.56. The van der Waals surface area contributed by atoms with Crippen molar-refractivity contribution in [3.63, 3.8) is 0 Å². The molecule has 0 amide bonds. The largest absolute Gasteiger partial charge is 0.490 e. The minimum atomic E-state index is -0.172. The maximum atomic E-state index is 11.9. The number of para-hydroxylation sites is 1. The molecule has 0 spiro atoms. The van der Waals surface area contributed by atoms with Crippen LogP contribution in [-0.4, -0.2) is 27.8 Å². The maximum Gasteiger partial charge on any atom is 0.227 e. The molecule has 3 aromatic rings. The number of ether oxygens (including phenoxy) is 1. The average molecular weight is 353 g/mol. The molecule has 0 unspecified atom stereocenters. The zero-order valence-corrected chi connectivity index (χ0v) is 15.3. The van der Waals surface area contributed by atoms with Gasteiger partial charge >= 0.3 is 0 Å². The summed E-state index contributed by atoms with van der Waals surface area (Å²) in [4.78, 5) is 14.1. The third kappa shape index (κ3) is 4.03. The fraction of sp³-hybridized carbons (Fsp3) is 0.300. The summed E-state index contributed by atoms with van der Waals surface area (Å²) in [6.45, 7) is 5.38. The van der Waals surface area contributed by atoms with E-state index in [1.165, 1.54) is 19.4 Å². The smallest absolute Gasteiger partial charge is 0.227 e. The summed E-state index contributed by atoms with van der Waals surface area (Å²) in [6.07, 6.45) is 5.29. The Kier molecular flexibility index (Phi) is 5.53. The molecule has 0 saturated carbocycles. The monoisotopic (exact) mass is 353 g/mol. The Balaban J connectivity index is 1.79. The second-order valence-corrected chi connectivity index (χ2v) is 6.37. The number of hydrogen-bond donors (Lipinski definition) is 0. The van der Waals surface area contributed by atoms with E-state index in [-0.39, 0.29) is 17.2 Å². The van der Waals surface area contributed by atoms with Gasteiger partial charge in [-0.3, -0.25) is 9.69 Å². The highest BCUT2D eigenvalue weighted by molar-refractivity contribution is 5.31. The molecule has 0 aliphatic carbocycles. The molecule has 0 radical (unpaired) electrons. The summed E-state index contributed by atoms with van der Waals surface area (Å²) in [5.41, 5.74) is 1.93. The lowest BCUT2D eigenvalue weighted by atomic mass is 10.2. The molecule has 3 rings (SSSR count). The second-order valence-electron chi connectivity index (χ2n) is 6.37. The standard InChI is InChI=1S/C20H23N3O3/c1-15(2)22(14-19-20(25-3)18(24)9-10-26-19)12-16-11-21-23(13-16)17-7-5-4-6-8-17/h4-11,13,15H,12,14H2,1-3H3. The van der Waals surface area contributed by atoms with Crippen LogP contribution >= 0.6 is 0 Å². The van der Waals surface area contributed by atoms with Crippen LogP contribution in [0.25, 0.3) is 5.69 Å². The van der Waals surface area contributed by atoms with Gasteiger partial charge in [0.1, 0.15) is 0 Å². The van der Waals surface area contributed by atoms with Gasteiger partial charge in [-0.05, 0) is 26.0 Å². The van der Waals surface area contributed by atoms with Crippen molar-refractivity contribution in [1.82, 2.24) is 14.7 Å². The van der Waals surface area contributed by atoms with Gasteiger partial charge in [-0.2, -0.15) is 5.10 Å². The molecule has 0 saturated heterocycles. The zero-order chi connectivity index (χ0) is 18.5. The third-order valence-corrected chi connectivity index (χ3v) is 4.23. The molecule has 26 heavy (non-hydrogen) atoms. The predicted octanol–water partition coefficient (Wildman–Crippen LogP) is 3.24. The van der Waals surface area contributed by atoms with Crippen molar-refractivity contribution < 1.29 is 9.15 Å². The molecule has 0 bridgehead atoms. The normalized spacial score (nSPS) is 11.3. The molecule has 136 valence electrons. The molecule has 0 N–H and O–H groups in total. The molecular formula is C20H23N3O3. The molecule has 6 nitrogen and oxygen atoms in total. The summed E-state index contributed by atoms with van der Waals surface area (Å²) in [7, 11) is 1.49. The fourth-order valence-corrected chi connectivity index (χ4v) is 2.77. The minimum Gasteiger partial charge on any atom is -0.490 e. The molecule has 0 aliphatic rings. The highest BCUT2D eigenvalue weighted by Crippen LogP contribution is 2.19. The van der Waals surface area contributed by atoms with E-state index in [0.29, 0.717) is 18.8 Å². The fourth-order valence-electron chi connectivity index (χ4n) is 2.77. The van der Waals surface area contributed by atoms with Gasteiger partial charge in [-0.25, -0.2) is 4.68 Å². The zero-order valence-electron chi connectivity index (χ0n) is 15.3. The molecule has 2 aromatic heterocycles. The van der Waals surface area contributed by atoms with Gasteiger partial charge in [-0.1, -0.05) is 18.2 Å². The van der Waals surface area contributed by atoms with Gasteiger partial charge < -0.3 is 9.15 Å². The van der Waals surface area contributed by atoms with Crippen LogP contribution < -0.4 is 10.2 Å². The lowest BCUT2D eigenvalue weighted by Crippen LogP contribution is -2.30. The van der Waals surface area contributed by atoms with Gasteiger partial charge in [0, 0.05) is 30.4 Å². The van der Waals surface area contributed by atoms with Crippen molar-refractivity contribution >= 4 is 0 Å². The first-order chi connectivity index (χ1) is 12.6. The van der Waals surface area contributed by atoms with Crippen LogP contribution in [0.3, 0.4) is 0 Å². The van der Waals surface area contributed by atoms with E-state index < -0.39 is 0 Å². The predicted molar refractivity (Wildman–Crippen MR) is 99.5 cm³/mol. The van der Waals surface area contributed by atoms with E-state index in [4.69, 9.17) is 9.15 Å². The Bertz CT molecular complexity index is 900. The van der Waals surface area contributed by atoms with Crippen LogP contribution in [0.1, 0.15) is 25.2 Å². The Labute approximate surface area is 152 Å². The van der Waals surface area contributed by atoms with Crippen molar-refractivity contribution in [2.45, 2.75) is 33.0 Å². The first kappa shape index (κ1) is 17.9. The van der Waals surface area contributed by atoms with Crippen LogP contribution in [0.2, 0.25) is 0 Å². The molecule has 1 aromatic carbocycles. The summed E-state index contributed by atoms with van der Waals surface area (Å²) in [6, 6.07) is 11.6. The molecular weight excluding hydrogens is 330 g/mol. The highest BCUT2D eigenvalue weighted by atomic mass is 16.5. The van der Waals surface area contributed by atoms with Crippen LogP contribution in [0.15, 0.2) is 64.3 Å². The average Bonchev–Trinajstić information content (AvgIpc) is 3.11. The number of aromatic nitrogens is 2. The molecule has 0 fully saturated rings. The van der Waals surface area contributed by atoms with Crippen LogP contribution in [0.5, 0.6) is 5.75 Å². The summed E-state index contributed by atoms with van der Waals surface area (Å²) >= 11 is 0. The van der Waals surface area contributed by atoms with Crippen LogP contribution in [0, 0.1) is 0 Å². The van der Waals surface area contributed by atoms with E-state index in [1.807, 2.05) is 47.4 Å². The van der Waals surface area contributed by atoms with Crippen molar-refractivity contribution in [3.05, 3.63) is 76.6 Å². The lowest BCUT2D eigenvalue weighted by Gasteiger charge is -2.25. The van der Waals surface area contributed by atoms with E-state index in [1.54, 1.807) is 0 Å². The van der Waals surface area contributed by atoms with Gasteiger partial charge in [0.15, 0.2) is 5.76 Å². The van der Waals surface area contributed by atoms with Gasteiger partial charge in [0.2, 0.25) is 11.2 Å². The lowest BCUT2D eigenvalue weighted by molar-refractivity contribution is 0.181. The van der Waals surface area contributed by atoms with Crippen LogP contribution in [0.4, 0.5) is 0 Å². The van der Waals surface area contributed by atoms with E-state index >= 15 is 0 Å². The first-order valence-corrected chi connectivity index (χ1v) is 8.56. The molecule has 0 atom stereocenters. The third-order valence-electron chi connectivity index (χ3n) is 4.23. The Hall–Kier alpha value is -2.86. The Morgan fingerprint density at radius 1 is 1.19 bits per heavy atom. The summed E-state index contributed by atoms with van der Waals surface area (Å²) < 4.78 is 12.6. The maximum absolute atomic E-state index is 11.9. The van der Waals surface area contributed by atoms with E-state index in [9.17, 15) is 4.79 Å². The highest BCUT2D eigenvalue weighted by Gasteiger charge is 2.18. The van der Waals surface area contributed by atoms with Crippen molar-refractivity contribution in [2.24, 2.45) is 0 Å². The van der Waals surface area contributed by atoms with Gasteiger partial charge in [0.05, 0.1) is 31.8 Å². The number of benzene rings is 1. The molecule has 0 aliphatic heterocycles. The summed E-state index contributed by atoms with van der Waals surface area (Å²) in [5.74, 6) is 0.794. The topological polar surface area (TPSA) is 60.5 Å². The summed E-state index contributed by atoms with van der Waals surface area (Å²) in [5, 5.41) is 4.45. The number of nitrogens with zero attached hydrogens (tertiary/aromatic N) is 3. The Morgan fingerprint density at radius 3 is 2.65 bits per heavy atom. The van der Waals surface area contributed by atoms with Crippen molar-refractivity contribution in [3.8, 4) is 11.4 Å². The van der Waals surface area contributed by atoms with Crippen molar-refractivity contribution in [2.75, 3.05) is 7.11 Å². The Morgan fingerprint density at radius 2 is 1.96 bits per heavy atom. The molecule has 2 heterocycles. The van der Waals surface area contributed by atoms with Crippen molar-refractivity contribution in [1.29, 1.82) is 0 Å². The minimum absolute atomic E-state index is 0.172. The van der Waals surface area contributed by atoms with Gasteiger partial charge in [-0.15, -0.1) is 0 Å². The second kappa shape index (κ2) is 8.01.